The van der Waals surface area contributed by atoms with Crippen LogP contribution >= 0.6 is 11.6 Å². The van der Waals surface area contributed by atoms with Crippen LogP contribution in [0.4, 0.5) is 4.79 Å². The molecule has 4 nitrogen and oxygen atoms in total. The number of hydrogen-bond acceptors (Lipinski definition) is 3. The lowest BCUT2D eigenvalue weighted by molar-refractivity contribution is 0.0482. The van der Waals surface area contributed by atoms with Crippen LogP contribution in [0.3, 0.4) is 0 Å². The maximum atomic E-state index is 11.9. The van der Waals surface area contributed by atoms with E-state index in [4.69, 9.17) is 16.3 Å². The van der Waals surface area contributed by atoms with Crippen LogP contribution in [-0.4, -0.2) is 23.4 Å². The second-order valence-corrected chi connectivity index (χ2v) is 6.95. The average Bonchev–Trinajstić information content (AvgIpc) is 2.52. The zero-order valence-corrected chi connectivity index (χ0v) is 14.8. The number of carbonyl (C=O) groups excluding carboxylic acids is 1. The molecule has 2 N–H and O–H groups in total. The Morgan fingerprint density at radius 2 is 1.58 bits per heavy atom. The summed E-state index contributed by atoms with van der Waals surface area (Å²) in [6.07, 6.45) is -0.552. The highest BCUT2D eigenvalue weighted by atomic mass is 35.5. The van der Waals surface area contributed by atoms with Crippen LogP contribution in [0.5, 0.6) is 0 Å². The highest BCUT2D eigenvalue weighted by Gasteiger charge is 2.20. The smallest absolute Gasteiger partial charge is 0.408 e. The van der Waals surface area contributed by atoms with Crippen LogP contribution in [0, 0.1) is 0 Å². The van der Waals surface area contributed by atoms with Crippen molar-refractivity contribution in [3.63, 3.8) is 0 Å². The maximum Gasteiger partial charge on any atom is 0.408 e. The van der Waals surface area contributed by atoms with Gasteiger partial charge in [-0.15, -0.1) is 0 Å². The van der Waals surface area contributed by atoms with Gasteiger partial charge < -0.3 is 15.2 Å². The Hall–Kier alpha value is -2.04. The fraction of sp³-hybridized carbons (Fsp3) is 0.316. The quantitative estimate of drug-likeness (QED) is 0.852. The third-order valence-corrected chi connectivity index (χ3v) is 3.62. The largest absolute Gasteiger partial charge is 0.444 e. The molecule has 0 radical (unpaired) electrons. The van der Waals surface area contributed by atoms with Crippen molar-refractivity contribution in [3.05, 3.63) is 59.1 Å². The summed E-state index contributed by atoms with van der Waals surface area (Å²) >= 11 is 5.90. The van der Waals surface area contributed by atoms with E-state index >= 15 is 0 Å². The second-order valence-electron chi connectivity index (χ2n) is 6.51. The molecule has 0 fully saturated rings. The minimum Gasteiger partial charge on any atom is -0.444 e. The predicted octanol–water partition coefficient (Wildman–Crippen LogP) is 4.57. The number of hydrogen-bond donors (Lipinski definition) is 2. The van der Waals surface area contributed by atoms with Crippen LogP contribution in [0.15, 0.2) is 48.5 Å². The molecule has 5 heteroatoms. The molecule has 0 unspecified atom stereocenters. The van der Waals surface area contributed by atoms with Crippen LogP contribution < -0.4 is 5.32 Å². The Morgan fingerprint density at radius 3 is 2.04 bits per heavy atom. The van der Waals surface area contributed by atoms with E-state index in [2.05, 4.69) is 5.32 Å². The number of nitrogens with one attached hydrogen (secondary N) is 1. The molecule has 2 aromatic rings. The number of halogens is 1. The molecular formula is C19H22ClNO3. The Labute approximate surface area is 147 Å². The second kappa shape index (κ2) is 7.69. The average molecular weight is 348 g/mol. The molecule has 0 saturated heterocycles. The zero-order chi connectivity index (χ0) is 17.7. The molecule has 0 heterocycles. The molecule has 0 spiro atoms. The van der Waals surface area contributed by atoms with Gasteiger partial charge >= 0.3 is 6.09 Å². The molecule has 2 rings (SSSR count). The number of amides is 1. The van der Waals surface area contributed by atoms with E-state index < -0.39 is 17.7 Å². The third kappa shape index (κ3) is 5.25. The molecule has 0 aromatic heterocycles. The van der Waals surface area contributed by atoms with Crippen LogP contribution in [0.2, 0.25) is 5.02 Å². The summed E-state index contributed by atoms with van der Waals surface area (Å²) in [6, 6.07) is 14.7. The van der Waals surface area contributed by atoms with E-state index in [0.29, 0.717) is 5.02 Å². The summed E-state index contributed by atoms with van der Waals surface area (Å²) < 4.78 is 5.22. The molecule has 1 amide bonds. The zero-order valence-electron chi connectivity index (χ0n) is 14.0. The molecule has 0 aliphatic rings. The van der Waals surface area contributed by atoms with Gasteiger partial charge in [0, 0.05) is 5.02 Å². The summed E-state index contributed by atoms with van der Waals surface area (Å²) in [4.78, 5) is 11.9. The molecule has 128 valence electrons. The lowest BCUT2D eigenvalue weighted by Gasteiger charge is -2.23. The van der Waals surface area contributed by atoms with E-state index in [1.54, 1.807) is 20.8 Å². The van der Waals surface area contributed by atoms with Crippen molar-refractivity contribution in [2.45, 2.75) is 32.4 Å². The van der Waals surface area contributed by atoms with Gasteiger partial charge in [0.05, 0.1) is 12.6 Å². The molecule has 0 saturated carbocycles. The van der Waals surface area contributed by atoms with Gasteiger partial charge in [0.15, 0.2) is 0 Å². The van der Waals surface area contributed by atoms with Gasteiger partial charge in [0.25, 0.3) is 0 Å². The lowest BCUT2D eigenvalue weighted by Crippen LogP contribution is -2.36. The van der Waals surface area contributed by atoms with Gasteiger partial charge in [-0.3, -0.25) is 0 Å². The number of benzene rings is 2. The van der Waals surface area contributed by atoms with Crippen molar-refractivity contribution in [2.24, 2.45) is 0 Å². The molecule has 2 aromatic carbocycles. The number of aliphatic hydroxyl groups excluding tert-OH is 1. The predicted molar refractivity (Wildman–Crippen MR) is 96.1 cm³/mol. The highest BCUT2D eigenvalue weighted by molar-refractivity contribution is 6.30. The van der Waals surface area contributed by atoms with E-state index in [1.807, 2.05) is 48.5 Å². The highest BCUT2D eigenvalue weighted by Crippen LogP contribution is 2.24. The maximum absolute atomic E-state index is 11.9. The molecule has 0 bridgehead atoms. The van der Waals surface area contributed by atoms with Crippen molar-refractivity contribution in [3.8, 4) is 11.1 Å². The molecule has 24 heavy (non-hydrogen) atoms. The van der Waals surface area contributed by atoms with Crippen molar-refractivity contribution >= 4 is 17.7 Å². The summed E-state index contributed by atoms with van der Waals surface area (Å²) in [5.74, 6) is 0. The summed E-state index contributed by atoms with van der Waals surface area (Å²) in [6.45, 7) is 5.17. The van der Waals surface area contributed by atoms with Crippen molar-refractivity contribution in [2.75, 3.05) is 6.61 Å². The van der Waals surface area contributed by atoms with Gasteiger partial charge in [0.1, 0.15) is 5.60 Å². The number of aliphatic hydroxyl groups is 1. The fourth-order valence-electron chi connectivity index (χ4n) is 2.23. The first-order valence-electron chi connectivity index (χ1n) is 7.75. The SMILES string of the molecule is CC(C)(C)OC(=O)N[C@@H](CO)c1ccc(-c2ccc(Cl)cc2)cc1. The normalized spacial score (nSPS) is 12.5. The van der Waals surface area contributed by atoms with E-state index in [1.165, 1.54) is 0 Å². The Morgan fingerprint density at radius 1 is 1.08 bits per heavy atom. The Balaban J connectivity index is 2.10. The van der Waals surface area contributed by atoms with E-state index in [-0.39, 0.29) is 6.61 Å². The lowest BCUT2D eigenvalue weighted by atomic mass is 10.0. The van der Waals surface area contributed by atoms with Gasteiger partial charge in [-0.05, 0) is 49.6 Å². The summed E-state index contributed by atoms with van der Waals surface area (Å²) in [7, 11) is 0. The van der Waals surface area contributed by atoms with Crippen molar-refractivity contribution in [1.29, 1.82) is 0 Å². The first-order chi connectivity index (χ1) is 11.3. The van der Waals surface area contributed by atoms with Crippen molar-refractivity contribution < 1.29 is 14.6 Å². The third-order valence-electron chi connectivity index (χ3n) is 3.36. The number of carbonyl (C=O) groups is 1. The van der Waals surface area contributed by atoms with E-state index in [9.17, 15) is 9.90 Å². The first kappa shape index (κ1) is 18.3. The standard InChI is InChI=1S/C19H22ClNO3/c1-19(2,3)24-18(23)21-17(12-22)15-6-4-13(5-7-15)14-8-10-16(20)11-9-14/h4-11,17,22H,12H2,1-3H3,(H,21,23)/t17-/m0/s1. The molecule has 1 atom stereocenters. The van der Waals surface area contributed by atoms with Crippen LogP contribution in [0.25, 0.3) is 11.1 Å². The van der Waals surface area contributed by atoms with Crippen LogP contribution in [-0.2, 0) is 4.74 Å². The molecular weight excluding hydrogens is 326 g/mol. The Kier molecular flexibility index (Phi) is 5.86. The monoisotopic (exact) mass is 347 g/mol. The molecule has 0 aliphatic heterocycles. The van der Waals surface area contributed by atoms with E-state index in [0.717, 1.165) is 16.7 Å². The van der Waals surface area contributed by atoms with Crippen molar-refractivity contribution in [1.82, 2.24) is 5.32 Å². The first-order valence-corrected chi connectivity index (χ1v) is 8.12. The summed E-state index contributed by atoms with van der Waals surface area (Å²) in [5, 5.41) is 12.9. The van der Waals surface area contributed by atoms with Gasteiger partial charge in [-0.2, -0.15) is 0 Å². The minimum absolute atomic E-state index is 0.209. The Bertz CT molecular complexity index is 675. The molecule has 0 aliphatic carbocycles. The minimum atomic E-state index is -0.581. The topological polar surface area (TPSA) is 58.6 Å². The van der Waals surface area contributed by atoms with Gasteiger partial charge in [-0.25, -0.2) is 4.79 Å². The van der Waals surface area contributed by atoms with Crippen LogP contribution in [0.1, 0.15) is 32.4 Å². The summed E-state index contributed by atoms with van der Waals surface area (Å²) in [5.41, 5.74) is 2.31. The number of rotatable bonds is 4. The van der Waals surface area contributed by atoms with Gasteiger partial charge in [0.2, 0.25) is 0 Å². The fourth-order valence-corrected chi connectivity index (χ4v) is 2.36. The number of ether oxygens (including phenoxy) is 1. The number of alkyl carbamates (subject to hydrolysis) is 1. The van der Waals surface area contributed by atoms with Gasteiger partial charge in [-0.1, -0.05) is 48.0 Å².